The maximum absolute atomic E-state index is 5.37. The third-order valence-electron chi connectivity index (χ3n) is 2.11. The molecule has 0 aliphatic heterocycles. The topological polar surface area (TPSA) is 47.0 Å². The molecule has 0 fully saturated rings. The van der Waals surface area contributed by atoms with E-state index in [1.54, 1.807) is 11.8 Å². The molecule has 5 heteroatoms. The van der Waals surface area contributed by atoms with Crippen molar-refractivity contribution in [3.63, 3.8) is 0 Å². The highest BCUT2D eigenvalue weighted by molar-refractivity contribution is 7.99. The van der Waals surface area contributed by atoms with E-state index < -0.39 is 0 Å². The molecule has 0 aromatic carbocycles. The van der Waals surface area contributed by atoms with Gasteiger partial charge in [-0.05, 0) is 19.8 Å². The summed E-state index contributed by atoms with van der Waals surface area (Å²) in [7, 11) is 0. The molecule has 1 N–H and O–H groups in total. The molecule has 0 radical (unpaired) electrons. The van der Waals surface area contributed by atoms with E-state index in [0.717, 1.165) is 29.0 Å². The Bertz CT molecular complexity index is 358. The van der Waals surface area contributed by atoms with Crippen molar-refractivity contribution in [3.8, 4) is 0 Å². The molecule has 0 amide bonds. The van der Waals surface area contributed by atoms with Gasteiger partial charge in [0.2, 0.25) is 0 Å². The van der Waals surface area contributed by atoms with Crippen LogP contribution in [0.25, 0.3) is 0 Å². The van der Waals surface area contributed by atoms with Gasteiger partial charge in [0, 0.05) is 25.0 Å². The molecule has 0 saturated heterocycles. The molecule has 0 aliphatic rings. The van der Waals surface area contributed by atoms with Crippen LogP contribution in [-0.2, 0) is 11.3 Å². The van der Waals surface area contributed by atoms with E-state index in [9.17, 15) is 0 Å². The second-order valence-electron chi connectivity index (χ2n) is 4.38. The lowest BCUT2D eigenvalue weighted by molar-refractivity contribution is 0.128. The van der Waals surface area contributed by atoms with Gasteiger partial charge < -0.3 is 10.1 Å². The van der Waals surface area contributed by atoms with Crippen molar-refractivity contribution in [3.05, 3.63) is 11.9 Å². The highest BCUT2D eigenvalue weighted by atomic mass is 32.2. The molecule has 1 aromatic heterocycles. The molecular formula is C13H23N3OS. The van der Waals surface area contributed by atoms with Crippen molar-refractivity contribution < 1.29 is 4.74 Å². The van der Waals surface area contributed by atoms with Crippen LogP contribution in [0, 0.1) is 5.92 Å². The van der Waals surface area contributed by atoms with E-state index in [4.69, 9.17) is 4.74 Å². The number of thioether (sulfide) groups is 1. The third kappa shape index (κ3) is 5.69. The first kappa shape index (κ1) is 15.2. The Labute approximate surface area is 114 Å². The lowest BCUT2D eigenvalue weighted by Gasteiger charge is -2.09. The van der Waals surface area contributed by atoms with E-state index >= 15 is 0 Å². The first-order valence-corrected chi connectivity index (χ1v) is 7.46. The van der Waals surface area contributed by atoms with Crippen LogP contribution in [-0.4, -0.2) is 28.9 Å². The number of rotatable bonds is 8. The maximum atomic E-state index is 5.37. The minimum atomic E-state index is 0.477. The van der Waals surface area contributed by atoms with Gasteiger partial charge in [-0.25, -0.2) is 9.97 Å². The van der Waals surface area contributed by atoms with E-state index in [-0.39, 0.29) is 0 Å². The van der Waals surface area contributed by atoms with Crippen molar-refractivity contribution in [1.29, 1.82) is 0 Å². The van der Waals surface area contributed by atoms with Crippen molar-refractivity contribution in [2.45, 2.75) is 39.3 Å². The second kappa shape index (κ2) is 8.32. The standard InChI is InChI=1S/C13H23N3OS/c1-5-14-11-7-13(18-9-10(3)4)16-12(15-11)8-17-6-2/h7,10H,5-6,8-9H2,1-4H3,(H,14,15,16). The van der Waals surface area contributed by atoms with Crippen LogP contribution in [0.2, 0.25) is 0 Å². The summed E-state index contributed by atoms with van der Waals surface area (Å²) in [6.07, 6.45) is 0. The van der Waals surface area contributed by atoms with Gasteiger partial charge in [0.15, 0.2) is 5.82 Å². The van der Waals surface area contributed by atoms with Gasteiger partial charge in [0.25, 0.3) is 0 Å². The van der Waals surface area contributed by atoms with Crippen molar-refractivity contribution in [2.24, 2.45) is 5.92 Å². The van der Waals surface area contributed by atoms with Crippen LogP contribution >= 0.6 is 11.8 Å². The Kier molecular flexibility index (Phi) is 7.05. The number of anilines is 1. The largest absolute Gasteiger partial charge is 0.374 e. The summed E-state index contributed by atoms with van der Waals surface area (Å²) < 4.78 is 5.37. The Morgan fingerprint density at radius 3 is 2.72 bits per heavy atom. The smallest absolute Gasteiger partial charge is 0.157 e. The average Bonchev–Trinajstić information content (AvgIpc) is 2.34. The zero-order chi connectivity index (χ0) is 13.4. The predicted molar refractivity (Wildman–Crippen MR) is 77.1 cm³/mol. The summed E-state index contributed by atoms with van der Waals surface area (Å²) in [6.45, 7) is 10.5. The first-order chi connectivity index (χ1) is 8.65. The molecule has 0 saturated carbocycles. The summed E-state index contributed by atoms with van der Waals surface area (Å²) in [5.74, 6) is 3.36. The van der Waals surface area contributed by atoms with Crippen LogP contribution in [0.4, 0.5) is 5.82 Å². The number of ether oxygens (including phenoxy) is 1. The number of nitrogens with zero attached hydrogens (tertiary/aromatic N) is 2. The Morgan fingerprint density at radius 1 is 1.33 bits per heavy atom. The van der Waals surface area contributed by atoms with Crippen LogP contribution in [0.1, 0.15) is 33.5 Å². The third-order valence-corrected chi connectivity index (χ3v) is 3.44. The molecular weight excluding hydrogens is 246 g/mol. The molecule has 0 bridgehead atoms. The Hall–Kier alpha value is -0.810. The van der Waals surface area contributed by atoms with Gasteiger partial charge in [0.1, 0.15) is 17.5 Å². The molecule has 1 aromatic rings. The van der Waals surface area contributed by atoms with Crippen LogP contribution in [0.3, 0.4) is 0 Å². The quantitative estimate of drug-likeness (QED) is 0.580. The van der Waals surface area contributed by atoms with Gasteiger partial charge in [-0.1, -0.05) is 13.8 Å². The molecule has 1 heterocycles. The lowest BCUT2D eigenvalue weighted by Crippen LogP contribution is -2.06. The predicted octanol–water partition coefficient (Wildman–Crippen LogP) is 3.19. The minimum absolute atomic E-state index is 0.477. The van der Waals surface area contributed by atoms with Crippen molar-refractivity contribution in [1.82, 2.24) is 9.97 Å². The second-order valence-corrected chi connectivity index (χ2v) is 5.42. The first-order valence-electron chi connectivity index (χ1n) is 6.48. The highest BCUT2D eigenvalue weighted by Gasteiger charge is 2.06. The molecule has 0 aliphatic carbocycles. The average molecular weight is 269 g/mol. The molecule has 1 rings (SSSR count). The highest BCUT2D eigenvalue weighted by Crippen LogP contribution is 2.21. The number of aromatic nitrogens is 2. The molecule has 4 nitrogen and oxygen atoms in total. The molecule has 102 valence electrons. The SMILES string of the molecule is CCNc1cc(SCC(C)C)nc(COCC)n1. The van der Waals surface area contributed by atoms with Gasteiger partial charge in [0.05, 0.1) is 0 Å². The van der Waals surface area contributed by atoms with E-state index in [1.807, 2.05) is 13.0 Å². The van der Waals surface area contributed by atoms with Crippen LogP contribution < -0.4 is 5.32 Å². The molecule has 18 heavy (non-hydrogen) atoms. The van der Waals surface area contributed by atoms with Gasteiger partial charge in [-0.15, -0.1) is 11.8 Å². The molecule has 0 spiro atoms. The maximum Gasteiger partial charge on any atom is 0.157 e. The monoisotopic (exact) mass is 269 g/mol. The number of hydrogen-bond acceptors (Lipinski definition) is 5. The van der Waals surface area contributed by atoms with Gasteiger partial charge in [-0.3, -0.25) is 0 Å². The number of hydrogen-bond donors (Lipinski definition) is 1. The molecule has 0 atom stereocenters. The fourth-order valence-corrected chi connectivity index (χ4v) is 2.20. The van der Waals surface area contributed by atoms with Gasteiger partial charge >= 0.3 is 0 Å². The summed E-state index contributed by atoms with van der Waals surface area (Å²) in [5.41, 5.74) is 0. The fraction of sp³-hybridized carbons (Fsp3) is 0.692. The van der Waals surface area contributed by atoms with Crippen molar-refractivity contribution >= 4 is 17.6 Å². The normalized spacial score (nSPS) is 10.9. The van der Waals surface area contributed by atoms with Crippen LogP contribution in [0.15, 0.2) is 11.1 Å². The Morgan fingerprint density at radius 2 is 2.11 bits per heavy atom. The minimum Gasteiger partial charge on any atom is -0.374 e. The van der Waals surface area contributed by atoms with E-state index in [0.29, 0.717) is 19.1 Å². The van der Waals surface area contributed by atoms with Crippen molar-refractivity contribution in [2.75, 3.05) is 24.2 Å². The van der Waals surface area contributed by atoms with E-state index in [1.165, 1.54) is 0 Å². The molecule has 0 unspecified atom stereocenters. The lowest BCUT2D eigenvalue weighted by atomic mass is 10.3. The zero-order valence-corrected chi connectivity index (χ0v) is 12.5. The number of nitrogens with one attached hydrogen (secondary N) is 1. The fourth-order valence-electron chi connectivity index (χ4n) is 1.33. The Balaban J connectivity index is 2.76. The van der Waals surface area contributed by atoms with Crippen LogP contribution in [0.5, 0.6) is 0 Å². The zero-order valence-electron chi connectivity index (χ0n) is 11.7. The summed E-state index contributed by atoms with van der Waals surface area (Å²) in [4.78, 5) is 8.94. The van der Waals surface area contributed by atoms with E-state index in [2.05, 4.69) is 36.1 Å². The summed E-state index contributed by atoms with van der Waals surface area (Å²) in [6, 6.07) is 2.01. The summed E-state index contributed by atoms with van der Waals surface area (Å²) >= 11 is 1.77. The summed E-state index contributed by atoms with van der Waals surface area (Å²) in [5, 5.41) is 4.25. The van der Waals surface area contributed by atoms with Gasteiger partial charge in [-0.2, -0.15) is 0 Å².